The number of rotatable bonds is 3. The van der Waals surface area contributed by atoms with Crippen LogP contribution in [0.3, 0.4) is 0 Å². The molecule has 1 aromatic carbocycles. The van der Waals surface area contributed by atoms with Gasteiger partial charge in [-0.15, -0.1) is 0 Å². The number of benzene rings is 1. The van der Waals surface area contributed by atoms with Crippen molar-refractivity contribution in [2.24, 2.45) is 0 Å². The summed E-state index contributed by atoms with van der Waals surface area (Å²) in [5.74, 6) is -0.658. The second kappa shape index (κ2) is 4.60. The van der Waals surface area contributed by atoms with Crippen molar-refractivity contribution < 1.29 is 13.9 Å². The Morgan fingerprint density at radius 2 is 2.31 bits per heavy atom. The first-order chi connectivity index (χ1) is 6.22. The topological polar surface area (TPSA) is 26.3 Å². The van der Waals surface area contributed by atoms with E-state index in [1.807, 2.05) is 0 Å². The molecule has 0 saturated carbocycles. The first kappa shape index (κ1) is 9.71. The molecular weight excluding hydrogens is 171 g/mol. The molecule has 0 amide bonds. The fourth-order valence-corrected chi connectivity index (χ4v) is 1.03. The van der Waals surface area contributed by atoms with Crippen LogP contribution < -0.4 is 0 Å². The van der Waals surface area contributed by atoms with Gasteiger partial charge in [0.2, 0.25) is 0 Å². The molecule has 0 saturated heterocycles. The SMILES string of the molecule is CCOC(=O)Cc1cccc(F)c1. The van der Waals surface area contributed by atoms with Crippen LogP contribution in [0.4, 0.5) is 4.39 Å². The van der Waals surface area contributed by atoms with E-state index in [0.29, 0.717) is 12.2 Å². The van der Waals surface area contributed by atoms with Gasteiger partial charge in [-0.05, 0) is 24.6 Å². The summed E-state index contributed by atoms with van der Waals surface area (Å²) in [4.78, 5) is 11.0. The molecule has 70 valence electrons. The van der Waals surface area contributed by atoms with E-state index in [1.165, 1.54) is 12.1 Å². The van der Waals surface area contributed by atoms with Crippen molar-refractivity contribution in [3.05, 3.63) is 35.6 Å². The molecule has 2 nitrogen and oxygen atoms in total. The fourth-order valence-electron chi connectivity index (χ4n) is 1.03. The molecule has 0 bridgehead atoms. The van der Waals surface area contributed by atoms with E-state index in [2.05, 4.69) is 0 Å². The highest BCUT2D eigenvalue weighted by molar-refractivity contribution is 5.72. The first-order valence-corrected chi connectivity index (χ1v) is 4.12. The lowest BCUT2D eigenvalue weighted by Gasteiger charge is -2.01. The lowest BCUT2D eigenvalue weighted by atomic mass is 10.1. The third-order valence-corrected chi connectivity index (χ3v) is 1.54. The zero-order valence-electron chi connectivity index (χ0n) is 7.42. The molecule has 0 atom stereocenters. The highest BCUT2D eigenvalue weighted by Crippen LogP contribution is 2.04. The number of carbonyl (C=O) groups excluding carboxylic acids is 1. The summed E-state index contributed by atoms with van der Waals surface area (Å²) < 4.78 is 17.4. The van der Waals surface area contributed by atoms with Gasteiger partial charge in [0.05, 0.1) is 13.0 Å². The van der Waals surface area contributed by atoms with Gasteiger partial charge in [0.1, 0.15) is 5.82 Å². The van der Waals surface area contributed by atoms with E-state index in [4.69, 9.17) is 4.74 Å². The quantitative estimate of drug-likeness (QED) is 0.667. The van der Waals surface area contributed by atoms with Gasteiger partial charge in [0.15, 0.2) is 0 Å². The van der Waals surface area contributed by atoms with Crippen molar-refractivity contribution in [1.82, 2.24) is 0 Å². The van der Waals surface area contributed by atoms with E-state index < -0.39 is 0 Å². The minimum absolute atomic E-state index is 0.131. The summed E-state index contributed by atoms with van der Waals surface area (Å²) in [5, 5.41) is 0. The van der Waals surface area contributed by atoms with Crippen molar-refractivity contribution in [3.8, 4) is 0 Å². The summed E-state index contributed by atoms with van der Waals surface area (Å²) in [5.41, 5.74) is 0.637. The maximum Gasteiger partial charge on any atom is 0.310 e. The predicted octanol–water partition coefficient (Wildman–Crippen LogP) is 1.93. The van der Waals surface area contributed by atoms with Crippen molar-refractivity contribution in [2.75, 3.05) is 6.61 Å². The molecule has 13 heavy (non-hydrogen) atoms. The summed E-state index contributed by atoms with van der Waals surface area (Å²) in [6, 6.07) is 5.94. The fraction of sp³-hybridized carbons (Fsp3) is 0.300. The molecule has 3 heteroatoms. The van der Waals surface area contributed by atoms with Crippen molar-refractivity contribution in [1.29, 1.82) is 0 Å². The number of halogens is 1. The summed E-state index contributed by atoms with van der Waals surface area (Å²) in [6.45, 7) is 2.09. The van der Waals surface area contributed by atoms with Crippen LogP contribution in [0.5, 0.6) is 0 Å². The maximum atomic E-state index is 12.7. The molecular formula is C10H11FO2. The lowest BCUT2D eigenvalue weighted by Crippen LogP contribution is -2.07. The van der Waals surface area contributed by atoms with Gasteiger partial charge >= 0.3 is 5.97 Å². The van der Waals surface area contributed by atoms with E-state index in [1.54, 1.807) is 19.1 Å². The Morgan fingerprint density at radius 3 is 2.92 bits per heavy atom. The van der Waals surface area contributed by atoms with Crippen LogP contribution in [0.25, 0.3) is 0 Å². The molecule has 0 aliphatic heterocycles. The Kier molecular flexibility index (Phi) is 3.43. The molecule has 0 unspecified atom stereocenters. The first-order valence-electron chi connectivity index (χ1n) is 4.12. The Morgan fingerprint density at radius 1 is 1.54 bits per heavy atom. The van der Waals surface area contributed by atoms with Crippen LogP contribution in [0.2, 0.25) is 0 Å². The van der Waals surface area contributed by atoms with Gasteiger partial charge in [-0.2, -0.15) is 0 Å². The molecule has 0 aliphatic rings. The molecule has 1 aromatic rings. The third kappa shape index (κ3) is 3.23. The van der Waals surface area contributed by atoms with Crippen LogP contribution >= 0.6 is 0 Å². The number of ether oxygens (including phenoxy) is 1. The molecule has 0 aliphatic carbocycles. The molecule has 0 radical (unpaired) electrons. The minimum atomic E-state index is -0.332. The van der Waals surface area contributed by atoms with Gasteiger partial charge in [-0.3, -0.25) is 4.79 Å². The largest absolute Gasteiger partial charge is 0.466 e. The van der Waals surface area contributed by atoms with Crippen molar-refractivity contribution in [2.45, 2.75) is 13.3 Å². The minimum Gasteiger partial charge on any atom is -0.466 e. The molecule has 0 aromatic heterocycles. The summed E-state index contributed by atoms with van der Waals surface area (Å²) >= 11 is 0. The zero-order chi connectivity index (χ0) is 9.68. The number of carbonyl (C=O) groups is 1. The van der Waals surface area contributed by atoms with Gasteiger partial charge in [0, 0.05) is 0 Å². The average molecular weight is 182 g/mol. The van der Waals surface area contributed by atoms with Crippen LogP contribution in [0.15, 0.2) is 24.3 Å². The second-order valence-electron chi connectivity index (χ2n) is 2.61. The molecule has 0 heterocycles. The van der Waals surface area contributed by atoms with Crippen LogP contribution in [0, 0.1) is 5.82 Å². The predicted molar refractivity (Wildman–Crippen MR) is 46.7 cm³/mol. The average Bonchev–Trinajstić information content (AvgIpc) is 2.04. The standard InChI is InChI=1S/C10H11FO2/c1-2-13-10(12)7-8-4-3-5-9(11)6-8/h3-6H,2,7H2,1H3. The van der Waals surface area contributed by atoms with Gasteiger partial charge < -0.3 is 4.74 Å². The molecule has 0 spiro atoms. The number of hydrogen-bond acceptors (Lipinski definition) is 2. The highest BCUT2D eigenvalue weighted by Gasteiger charge is 2.03. The monoisotopic (exact) mass is 182 g/mol. The van der Waals surface area contributed by atoms with Gasteiger partial charge in [-0.1, -0.05) is 12.1 Å². The third-order valence-electron chi connectivity index (χ3n) is 1.54. The number of hydrogen-bond donors (Lipinski definition) is 0. The van der Waals surface area contributed by atoms with E-state index in [0.717, 1.165) is 0 Å². The second-order valence-corrected chi connectivity index (χ2v) is 2.61. The van der Waals surface area contributed by atoms with Crippen molar-refractivity contribution in [3.63, 3.8) is 0 Å². The molecule has 0 N–H and O–H groups in total. The van der Waals surface area contributed by atoms with Crippen LogP contribution in [-0.4, -0.2) is 12.6 Å². The Labute approximate surface area is 76.3 Å². The smallest absolute Gasteiger partial charge is 0.310 e. The highest BCUT2D eigenvalue weighted by atomic mass is 19.1. The lowest BCUT2D eigenvalue weighted by molar-refractivity contribution is -0.142. The Hall–Kier alpha value is -1.38. The normalized spacial score (nSPS) is 9.69. The van der Waals surface area contributed by atoms with Crippen molar-refractivity contribution >= 4 is 5.97 Å². The molecule has 0 fully saturated rings. The number of esters is 1. The van der Waals surface area contributed by atoms with Gasteiger partial charge in [-0.25, -0.2) is 4.39 Å². The Bertz CT molecular complexity index is 297. The maximum absolute atomic E-state index is 12.7. The molecule has 1 rings (SSSR count). The Balaban J connectivity index is 2.58. The zero-order valence-corrected chi connectivity index (χ0v) is 7.42. The summed E-state index contributed by atoms with van der Waals surface area (Å²) in [7, 11) is 0. The van der Waals surface area contributed by atoms with E-state index in [-0.39, 0.29) is 18.2 Å². The van der Waals surface area contributed by atoms with Crippen LogP contribution in [0.1, 0.15) is 12.5 Å². The van der Waals surface area contributed by atoms with E-state index in [9.17, 15) is 9.18 Å². The van der Waals surface area contributed by atoms with Crippen LogP contribution in [-0.2, 0) is 16.0 Å². The van der Waals surface area contributed by atoms with Gasteiger partial charge in [0.25, 0.3) is 0 Å². The van der Waals surface area contributed by atoms with E-state index >= 15 is 0 Å². The summed E-state index contributed by atoms with van der Waals surface area (Å²) in [6.07, 6.45) is 0.131.